The molecule has 5 heteroatoms. The Labute approximate surface area is 169 Å². The highest BCUT2D eigenvalue weighted by Crippen LogP contribution is 2.29. The van der Waals surface area contributed by atoms with Crippen LogP contribution in [0.3, 0.4) is 0 Å². The maximum atomic E-state index is 13.2. The maximum absolute atomic E-state index is 13.2. The zero-order valence-electron chi connectivity index (χ0n) is 16.3. The number of rotatable bonds is 7. The number of fused-ring (bicyclic) bond motifs is 1. The van der Waals surface area contributed by atoms with E-state index in [4.69, 9.17) is 10.5 Å². The van der Waals surface area contributed by atoms with E-state index in [2.05, 4.69) is 12.0 Å². The Kier molecular flexibility index (Phi) is 5.58. The Balaban J connectivity index is 1.64. The number of ether oxygens (including phenoxy) is 1. The van der Waals surface area contributed by atoms with E-state index in [1.54, 1.807) is 23.0 Å². The molecule has 0 amide bonds. The minimum absolute atomic E-state index is 0.0972. The number of nitrogens with two attached hydrogens (primary N) is 1. The van der Waals surface area contributed by atoms with Crippen LogP contribution in [0.25, 0.3) is 16.6 Å². The van der Waals surface area contributed by atoms with Crippen molar-refractivity contribution >= 4 is 10.9 Å². The van der Waals surface area contributed by atoms with Crippen LogP contribution in [0.5, 0.6) is 5.75 Å². The van der Waals surface area contributed by atoms with Gasteiger partial charge in [0.15, 0.2) is 0 Å². The van der Waals surface area contributed by atoms with Gasteiger partial charge in [-0.2, -0.15) is 5.10 Å². The third-order valence-corrected chi connectivity index (χ3v) is 5.01. The largest absolute Gasteiger partial charge is 0.484 e. The zero-order chi connectivity index (χ0) is 20.2. The summed E-state index contributed by atoms with van der Waals surface area (Å²) in [6.45, 7) is 2.12. The normalized spacial score (nSPS) is 13.3. The predicted molar refractivity (Wildman–Crippen MR) is 114 cm³/mol. The number of hydrogen-bond acceptors (Lipinski definition) is 3. The first kappa shape index (κ1) is 19.2. The Morgan fingerprint density at radius 1 is 1.03 bits per heavy atom. The summed E-state index contributed by atoms with van der Waals surface area (Å²) in [5.74, 6) is 0.479. The van der Waals surface area contributed by atoms with Crippen LogP contribution in [0.1, 0.15) is 31.4 Å². The van der Waals surface area contributed by atoms with Crippen molar-refractivity contribution in [1.29, 1.82) is 0 Å². The molecule has 2 N–H and O–H groups in total. The van der Waals surface area contributed by atoms with E-state index in [0.29, 0.717) is 0 Å². The second-order valence-electron chi connectivity index (χ2n) is 7.16. The molecule has 1 heterocycles. The van der Waals surface area contributed by atoms with Gasteiger partial charge in [0.25, 0.3) is 0 Å². The average molecular weight is 389 g/mol. The molecule has 0 aliphatic heterocycles. The third-order valence-electron chi connectivity index (χ3n) is 5.01. The quantitative estimate of drug-likeness (QED) is 0.460. The molecule has 2 atom stereocenters. The fraction of sp³-hybridized carbons (Fsp3) is 0.208. The molecule has 29 heavy (non-hydrogen) atoms. The highest BCUT2D eigenvalue weighted by Gasteiger charge is 2.21. The summed E-state index contributed by atoms with van der Waals surface area (Å²) in [4.78, 5) is 0. The topological polar surface area (TPSA) is 53.1 Å². The average Bonchev–Trinajstić information content (AvgIpc) is 3.16. The predicted octanol–water partition coefficient (Wildman–Crippen LogP) is 5.41. The van der Waals surface area contributed by atoms with Crippen LogP contribution in [-0.2, 0) is 0 Å². The van der Waals surface area contributed by atoms with E-state index < -0.39 is 0 Å². The number of nitrogens with zero attached hydrogens (tertiary/aromatic N) is 2. The maximum Gasteiger partial charge on any atom is 0.139 e. The molecule has 148 valence electrons. The standard InChI is InChI=1S/C24H24FN3O/c1-2-6-22(26)24(17-7-4-3-5-8-17)29-21-13-14-23-18(15-21)16-27-28(23)20-11-9-19(25)10-12-20/h3-5,7-16,22,24H,2,6,26H2,1H3. The van der Waals surface area contributed by atoms with Crippen molar-refractivity contribution in [3.05, 3.63) is 90.4 Å². The Bertz CT molecular complexity index is 1080. The molecule has 4 nitrogen and oxygen atoms in total. The van der Waals surface area contributed by atoms with Gasteiger partial charge < -0.3 is 10.5 Å². The minimum Gasteiger partial charge on any atom is -0.484 e. The van der Waals surface area contributed by atoms with E-state index in [1.807, 2.05) is 48.5 Å². The van der Waals surface area contributed by atoms with Crippen LogP contribution in [0.4, 0.5) is 4.39 Å². The van der Waals surface area contributed by atoms with Gasteiger partial charge in [0.2, 0.25) is 0 Å². The van der Waals surface area contributed by atoms with Gasteiger partial charge in [-0.05, 0) is 54.4 Å². The molecular weight excluding hydrogens is 365 g/mol. The van der Waals surface area contributed by atoms with Gasteiger partial charge in [0, 0.05) is 11.4 Å². The Morgan fingerprint density at radius 3 is 2.52 bits per heavy atom. The van der Waals surface area contributed by atoms with E-state index in [-0.39, 0.29) is 18.0 Å². The molecule has 0 bridgehead atoms. The lowest BCUT2D eigenvalue weighted by Gasteiger charge is -2.25. The Hall–Kier alpha value is -3.18. The van der Waals surface area contributed by atoms with Crippen molar-refractivity contribution in [2.24, 2.45) is 5.73 Å². The van der Waals surface area contributed by atoms with E-state index in [9.17, 15) is 4.39 Å². The van der Waals surface area contributed by atoms with Crippen LogP contribution in [-0.4, -0.2) is 15.8 Å². The van der Waals surface area contributed by atoms with E-state index in [0.717, 1.165) is 40.7 Å². The van der Waals surface area contributed by atoms with Crippen molar-refractivity contribution in [2.75, 3.05) is 0 Å². The molecular formula is C24H24FN3O. The summed E-state index contributed by atoms with van der Waals surface area (Å²) in [6.07, 6.45) is 3.44. The van der Waals surface area contributed by atoms with Crippen molar-refractivity contribution in [3.63, 3.8) is 0 Å². The SMILES string of the molecule is CCCC(N)C(Oc1ccc2c(cnn2-c2ccc(F)cc2)c1)c1ccccc1. The highest BCUT2D eigenvalue weighted by molar-refractivity contribution is 5.81. The van der Waals surface area contributed by atoms with E-state index in [1.165, 1.54) is 12.1 Å². The van der Waals surface area contributed by atoms with Gasteiger partial charge in [-0.25, -0.2) is 9.07 Å². The molecule has 0 aliphatic rings. The molecule has 4 aromatic rings. The second kappa shape index (κ2) is 8.45. The first-order chi connectivity index (χ1) is 14.2. The van der Waals surface area contributed by atoms with Crippen LogP contribution < -0.4 is 10.5 Å². The summed E-state index contributed by atoms with van der Waals surface area (Å²) in [5, 5.41) is 5.40. The van der Waals surface area contributed by atoms with Crippen molar-refractivity contribution in [1.82, 2.24) is 9.78 Å². The summed E-state index contributed by atoms with van der Waals surface area (Å²) < 4.78 is 21.4. The number of halogens is 1. The first-order valence-electron chi connectivity index (χ1n) is 9.86. The smallest absolute Gasteiger partial charge is 0.139 e. The summed E-state index contributed by atoms with van der Waals surface area (Å²) >= 11 is 0. The van der Waals surface area contributed by atoms with Gasteiger partial charge in [0.05, 0.1) is 17.4 Å². The lowest BCUT2D eigenvalue weighted by molar-refractivity contribution is 0.168. The second-order valence-corrected chi connectivity index (χ2v) is 7.16. The minimum atomic E-state index is -0.267. The molecule has 0 saturated heterocycles. The van der Waals surface area contributed by atoms with Crippen molar-refractivity contribution < 1.29 is 9.13 Å². The van der Waals surface area contributed by atoms with Gasteiger partial charge in [-0.3, -0.25) is 0 Å². The molecule has 3 aromatic carbocycles. The molecule has 0 radical (unpaired) electrons. The monoisotopic (exact) mass is 389 g/mol. The molecule has 4 rings (SSSR count). The van der Waals surface area contributed by atoms with Crippen molar-refractivity contribution in [2.45, 2.75) is 31.9 Å². The van der Waals surface area contributed by atoms with Gasteiger partial charge in [-0.15, -0.1) is 0 Å². The molecule has 1 aromatic heterocycles. The van der Waals surface area contributed by atoms with Crippen LogP contribution >= 0.6 is 0 Å². The number of benzene rings is 3. The molecule has 2 unspecified atom stereocenters. The molecule has 0 saturated carbocycles. The third kappa shape index (κ3) is 4.15. The Morgan fingerprint density at radius 2 is 1.79 bits per heavy atom. The molecule has 0 fully saturated rings. The highest BCUT2D eigenvalue weighted by atomic mass is 19.1. The van der Waals surface area contributed by atoms with E-state index >= 15 is 0 Å². The number of aromatic nitrogens is 2. The summed E-state index contributed by atoms with van der Waals surface area (Å²) in [5.41, 5.74) is 9.24. The van der Waals surface area contributed by atoms with Crippen LogP contribution in [0.15, 0.2) is 79.0 Å². The zero-order valence-corrected chi connectivity index (χ0v) is 16.3. The summed E-state index contributed by atoms with van der Waals surface area (Å²) in [6, 6.07) is 22.1. The van der Waals surface area contributed by atoms with Crippen LogP contribution in [0.2, 0.25) is 0 Å². The lowest BCUT2D eigenvalue weighted by Crippen LogP contribution is -2.32. The fourth-order valence-corrected chi connectivity index (χ4v) is 3.55. The van der Waals surface area contributed by atoms with Gasteiger partial charge in [0.1, 0.15) is 17.7 Å². The lowest BCUT2D eigenvalue weighted by atomic mass is 9.99. The molecule has 0 aliphatic carbocycles. The summed E-state index contributed by atoms with van der Waals surface area (Å²) in [7, 11) is 0. The van der Waals surface area contributed by atoms with Gasteiger partial charge in [-0.1, -0.05) is 43.7 Å². The first-order valence-corrected chi connectivity index (χ1v) is 9.86. The van der Waals surface area contributed by atoms with Crippen LogP contribution in [0, 0.1) is 5.82 Å². The fourth-order valence-electron chi connectivity index (χ4n) is 3.55. The molecule has 0 spiro atoms. The van der Waals surface area contributed by atoms with Crippen molar-refractivity contribution in [3.8, 4) is 11.4 Å². The van der Waals surface area contributed by atoms with Gasteiger partial charge >= 0.3 is 0 Å². The number of hydrogen-bond donors (Lipinski definition) is 1.